The fraction of sp³-hybridized carbons (Fsp3) is 0.700. The van der Waals surface area contributed by atoms with Crippen LogP contribution in [0.25, 0.3) is 0 Å². The van der Waals surface area contributed by atoms with Crippen LogP contribution in [-0.4, -0.2) is 36.3 Å². The Morgan fingerprint density at radius 3 is 2.50 bits per heavy atom. The van der Waals surface area contributed by atoms with Crippen molar-refractivity contribution < 1.29 is 14.3 Å². The van der Waals surface area contributed by atoms with Gasteiger partial charge in [0.1, 0.15) is 17.8 Å². The highest BCUT2D eigenvalue weighted by Gasteiger charge is 2.46. The molecule has 2 heterocycles. The molecule has 1 aromatic rings. The van der Waals surface area contributed by atoms with Crippen molar-refractivity contribution in [1.82, 2.24) is 10.3 Å². The first-order valence-electron chi connectivity index (χ1n) is 9.41. The normalized spacial score (nSPS) is 29.1. The summed E-state index contributed by atoms with van der Waals surface area (Å²) in [7, 11) is 0. The van der Waals surface area contributed by atoms with Gasteiger partial charge in [-0.1, -0.05) is 0 Å². The summed E-state index contributed by atoms with van der Waals surface area (Å²) in [4.78, 5) is 16.8. The van der Waals surface area contributed by atoms with Crippen LogP contribution in [0, 0.1) is 5.41 Å². The number of rotatable bonds is 4. The molecule has 0 aromatic carbocycles. The molecule has 1 aromatic heterocycles. The third-order valence-corrected chi connectivity index (χ3v) is 6.00. The molecule has 1 aliphatic carbocycles. The van der Waals surface area contributed by atoms with E-state index in [1.807, 2.05) is 32.9 Å². The number of halogens is 1. The molecule has 0 atom stereocenters. The van der Waals surface area contributed by atoms with E-state index in [0.717, 1.165) is 48.9 Å². The maximum Gasteiger partial charge on any atom is 0.332 e. The number of hydrogen-bond donors (Lipinski definition) is 1. The lowest BCUT2D eigenvalue weighted by atomic mass is 9.67. The van der Waals surface area contributed by atoms with E-state index in [2.05, 4.69) is 26.2 Å². The fourth-order valence-corrected chi connectivity index (χ4v) is 4.33. The summed E-state index contributed by atoms with van der Waals surface area (Å²) >= 11 is 3.45. The molecule has 1 N–H and O–H groups in total. The molecule has 144 valence electrons. The van der Waals surface area contributed by atoms with Crippen LogP contribution in [0.1, 0.15) is 58.6 Å². The standard InChI is InChI=1S/C20H29BrN2O3/c1-18(2,3)26-17(24)13-25-20(16-5-4-15(21)12-23-16)8-6-19(7-9-20)10-11-22-14-19/h4-5,12,22H,6-11,13-14H2,1-3H3. The van der Waals surface area contributed by atoms with E-state index in [0.29, 0.717) is 5.41 Å². The summed E-state index contributed by atoms with van der Waals surface area (Å²) in [5.74, 6) is -0.322. The minimum absolute atomic E-state index is 0.0414. The van der Waals surface area contributed by atoms with Gasteiger partial charge in [-0.2, -0.15) is 0 Å². The lowest BCUT2D eigenvalue weighted by molar-refractivity contribution is -0.172. The molecule has 0 amide bonds. The van der Waals surface area contributed by atoms with E-state index in [1.165, 1.54) is 6.42 Å². The molecule has 1 saturated heterocycles. The van der Waals surface area contributed by atoms with Gasteiger partial charge >= 0.3 is 5.97 Å². The summed E-state index contributed by atoms with van der Waals surface area (Å²) in [6.07, 6.45) is 6.97. The van der Waals surface area contributed by atoms with Gasteiger partial charge in [0.25, 0.3) is 0 Å². The molecular formula is C20H29BrN2O3. The highest BCUT2D eigenvalue weighted by atomic mass is 79.9. The van der Waals surface area contributed by atoms with Crippen molar-refractivity contribution >= 4 is 21.9 Å². The maximum atomic E-state index is 12.2. The Balaban J connectivity index is 1.74. The van der Waals surface area contributed by atoms with E-state index in [4.69, 9.17) is 9.47 Å². The Morgan fingerprint density at radius 1 is 1.23 bits per heavy atom. The average molecular weight is 425 g/mol. The van der Waals surface area contributed by atoms with Crippen LogP contribution in [0.15, 0.2) is 22.8 Å². The number of carbonyl (C=O) groups excluding carboxylic acids is 1. The third kappa shape index (κ3) is 4.65. The van der Waals surface area contributed by atoms with E-state index < -0.39 is 11.2 Å². The number of nitrogens with one attached hydrogen (secondary N) is 1. The average Bonchev–Trinajstić information content (AvgIpc) is 3.03. The molecule has 0 unspecified atom stereocenters. The van der Waals surface area contributed by atoms with Crippen molar-refractivity contribution in [2.45, 2.75) is 64.1 Å². The topological polar surface area (TPSA) is 60.5 Å². The molecule has 0 bridgehead atoms. The van der Waals surface area contributed by atoms with Crippen molar-refractivity contribution in [2.75, 3.05) is 19.7 Å². The predicted octanol–water partition coefficient (Wildman–Crippen LogP) is 3.95. The molecule has 1 aliphatic heterocycles. The monoisotopic (exact) mass is 424 g/mol. The van der Waals surface area contributed by atoms with Gasteiger partial charge in [-0.25, -0.2) is 4.79 Å². The van der Waals surface area contributed by atoms with E-state index in [-0.39, 0.29) is 12.6 Å². The van der Waals surface area contributed by atoms with Gasteiger partial charge < -0.3 is 14.8 Å². The molecule has 5 nitrogen and oxygen atoms in total. The second-order valence-electron chi connectivity index (χ2n) is 8.66. The van der Waals surface area contributed by atoms with Gasteiger partial charge in [-0.15, -0.1) is 0 Å². The Hall–Kier alpha value is -0.980. The third-order valence-electron chi connectivity index (χ3n) is 5.53. The van der Waals surface area contributed by atoms with Crippen LogP contribution >= 0.6 is 15.9 Å². The van der Waals surface area contributed by atoms with Gasteiger partial charge in [0.05, 0.1) is 5.69 Å². The molecule has 2 aliphatic rings. The van der Waals surface area contributed by atoms with Crippen molar-refractivity contribution in [2.24, 2.45) is 5.41 Å². The van der Waals surface area contributed by atoms with Gasteiger partial charge in [0.2, 0.25) is 0 Å². The van der Waals surface area contributed by atoms with E-state index in [1.54, 1.807) is 6.20 Å². The largest absolute Gasteiger partial charge is 0.458 e. The summed E-state index contributed by atoms with van der Waals surface area (Å²) < 4.78 is 12.6. The number of pyridine rings is 1. The van der Waals surface area contributed by atoms with Crippen LogP contribution < -0.4 is 5.32 Å². The van der Waals surface area contributed by atoms with Crippen molar-refractivity contribution in [3.8, 4) is 0 Å². The zero-order chi connectivity index (χ0) is 18.8. The first-order valence-corrected chi connectivity index (χ1v) is 10.2. The summed E-state index contributed by atoms with van der Waals surface area (Å²) in [5.41, 5.74) is 0.278. The fourth-order valence-electron chi connectivity index (χ4n) is 4.09. The highest BCUT2D eigenvalue weighted by Crippen LogP contribution is 2.49. The van der Waals surface area contributed by atoms with Gasteiger partial charge in [0.15, 0.2) is 0 Å². The van der Waals surface area contributed by atoms with Crippen LogP contribution in [0.5, 0.6) is 0 Å². The lowest BCUT2D eigenvalue weighted by Gasteiger charge is -2.44. The number of carbonyl (C=O) groups is 1. The Labute approximate surface area is 164 Å². The summed E-state index contributed by atoms with van der Waals surface area (Å²) in [6.45, 7) is 7.75. The Kier molecular flexibility index (Phi) is 5.75. The van der Waals surface area contributed by atoms with Crippen LogP contribution in [0.3, 0.4) is 0 Å². The first-order chi connectivity index (χ1) is 12.2. The molecule has 1 saturated carbocycles. The zero-order valence-electron chi connectivity index (χ0n) is 15.9. The summed E-state index contributed by atoms with van der Waals surface area (Å²) in [5, 5.41) is 3.50. The number of esters is 1. The molecular weight excluding hydrogens is 396 g/mol. The predicted molar refractivity (Wildman–Crippen MR) is 104 cm³/mol. The smallest absolute Gasteiger partial charge is 0.332 e. The molecule has 0 radical (unpaired) electrons. The molecule has 26 heavy (non-hydrogen) atoms. The van der Waals surface area contributed by atoms with E-state index in [9.17, 15) is 4.79 Å². The molecule has 3 rings (SSSR count). The second kappa shape index (κ2) is 7.56. The SMILES string of the molecule is CC(C)(C)OC(=O)COC1(c2ccc(Br)cn2)CCC2(CCNC2)CC1. The van der Waals surface area contributed by atoms with Gasteiger partial charge in [-0.05, 0) is 92.9 Å². The van der Waals surface area contributed by atoms with Crippen LogP contribution in [-0.2, 0) is 19.9 Å². The van der Waals surface area contributed by atoms with Gasteiger partial charge in [0, 0.05) is 17.2 Å². The van der Waals surface area contributed by atoms with Gasteiger partial charge in [-0.3, -0.25) is 4.98 Å². The zero-order valence-corrected chi connectivity index (χ0v) is 17.5. The number of aromatic nitrogens is 1. The quantitative estimate of drug-likeness (QED) is 0.741. The molecule has 1 spiro atoms. The van der Waals surface area contributed by atoms with E-state index >= 15 is 0 Å². The number of hydrogen-bond acceptors (Lipinski definition) is 5. The molecule has 2 fully saturated rings. The number of ether oxygens (including phenoxy) is 2. The Morgan fingerprint density at radius 2 is 1.96 bits per heavy atom. The minimum Gasteiger partial charge on any atom is -0.458 e. The highest BCUT2D eigenvalue weighted by molar-refractivity contribution is 9.10. The van der Waals surface area contributed by atoms with Crippen LogP contribution in [0.4, 0.5) is 0 Å². The van der Waals surface area contributed by atoms with Crippen molar-refractivity contribution in [1.29, 1.82) is 0 Å². The summed E-state index contributed by atoms with van der Waals surface area (Å²) in [6, 6.07) is 3.99. The molecule has 6 heteroatoms. The Bertz CT molecular complexity index is 623. The second-order valence-corrected chi connectivity index (χ2v) is 9.57. The van der Waals surface area contributed by atoms with Crippen LogP contribution in [0.2, 0.25) is 0 Å². The number of nitrogens with zero attached hydrogens (tertiary/aromatic N) is 1. The first kappa shape index (κ1) is 19.8. The maximum absolute atomic E-state index is 12.2. The lowest BCUT2D eigenvalue weighted by Crippen LogP contribution is -2.42. The van der Waals surface area contributed by atoms with Crippen molar-refractivity contribution in [3.05, 3.63) is 28.5 Å². The van der Waals surface area contributed by atoms with Crippen molar-refractivity contribution in [3.63, 3.8) is 0 Å². The minimum atomic E-state index is -0.508.